The van der Waals surface area contributed by atoms with Gasteiger partial charge < -0.3 is 4.90 Å². The first kappa shape index (κ1) is 15.0. The highest BCUT2D eigenvalue weighted by Gasteiger charge is 2.16. The number of anilines is 1. The summed E-state index contributed by atoms with van der Waals surface area (Å²) in [6, 6.07) is 7.98. The van der Waals surface area contributed by atoms with E-state index in [0.717, 1.165) is 16.4 Å². The molecule has 0 spiro atoms. The fraction of sp³-hybridized carbons (Fsp3) is 0.333. The van der Waals surface area contributed by atoms with E-state index >= 15 is 0 Å². The van der Waals surface area contributed by atoms with Crippen LogP contribution >= 0.6 is 22.9 Å². The largest absolute Gasteiger partial charge is 0.312 e. The molecule has 0 unspecified atom stereocenters. The highest BCUT2D eigenvalue weighted by Crippen LogP contribution is 2.18. The van der Waals surface area contributed by atoms with Crippen LogP contribution < -0.4 is 4.90 Å². The minimum atomic E-state index is 0.0619. The molecule has 2 rings (SSSR count). The Morgan fingerprint density at radius 2 is 2.05 bits per heavy atom. The third kappa shape index (κ3) is 3.58. The van der Waals surface area contributed by atoms with Gasteiger partial charge in [-0.05, 0) is 26.0 Å². The summed E-state index contributed by atoms with van der Waals surface area (Å²) in [4.78, 5) is 18.5. The van der Waals surface area contributed by atoms with Gasteiger partial charge in [-0.3, -0.25) is 4.79 Å². The molecule has 0 bridgehead atoms. The third-order valence-corrected chi connectivity index (χ3v) is 4.17. The van der Waals surface area contributed by atoms with Gasteiger partial charge in [0.1, 0.15) is 5.01 Å². The molecule has 106 valence electrons. The number of hydrogen-bond donors (Lipinski definition) is 0. The Balaban J connectivity index is 2.10. The predicted molar refractivity (Wildman–Crippen MR) is 84.6 cm³/mol. The SMILES string of the molecule is CCN(C(=O)Cc1nc(CCl)cs1)c1ccc(C)cc1. The molecule has 20 heavy (non-hydrogen) atoms. The Morgan fingerprint density at radius 1 is 1.35 bits per heavy atom. The van der Waals surface area contributed by atoms with Crippen LogP contribution in [0, 0.1) is 6.92 Å². The molecule has 0 radical (unpaired) electrons. The number of alkyl halides is 1. The second kappa shape index (κ2) is 6.86. The van der Waals surface area contributed by atoms with Crippen molar-refractivity contribution in [1.82, 2.24) is 4.98 Å². The number of nitrogens with zero attached hydrogens (tertiary/aromatic N) is 2. The number of benzene rings is 1. The first-order valence-corrected chi connectivity index (χ1v) is 7.91. The third-order valence-electron chi connectivity index (χ3n) is 3.00. The van der Waals surface area contributed by atoms with Gasteiger partial charge in [-0.2, -0.15) is 0 Å². The molecule has 1 aromatic carbocycles. The maximum atomic E-state index is 12.4. The lowest BCUT2D eigenvalue weighted by Crippen LogP contribution is -2.31. The second-order valence-electron chi connectivity index (χ2n) is 4.52. The normalized spacial score (nSPS) is 10.6. The maximum absolute atomic E-state index is 12.4. The van der Waals surface area contributed by atoms with Crippen LogP contribution in [0.15, 0.2) is 29.6 Å². The Morgan fingerprint density at radius 3 is 2.60 bits per heavy atom. The van der Waals surface area contributed by atoms with E-state index < -0.39 is 0 Å². The van der Waals surface area contributed by atoms with E-state index in [0.29, 0.717) is 18.8 Å². The highest BCUT2D eigenvalue weighted by atomic mass is 35.5. The lowest BCUT2D eigenvalue weighted by atomic mass is 10.2. The van der Waals surface area contributed by atoms with Crippen molar-refractivity contribution in [3.8, 4) is 0 Å². The fourth-order valence-corrected chi connectivity index (χ4v) is 2.96. The summed E-state index contributed by atoms with van der Waals surface area (Å²) in [7, 11) is 0. The molecule has 3 nitrogen and oxygen atoms in total. The van der Waals surface area contributed by atoms with Crippen LogP contribution in [-0.4, -0.2) is 17.4 Å². The molecule has 1 aromatic heterocycles. The van der Waals surface area contributed by atoms with Crippen LogP contribution in [0.25, 0.3) is 0 Å². The summed E-state index contributed by atoms with van der Waals surface area (Å²) in [5, 5.41) is 2.72. The summed E-state index contributed by atoms with van der Waals surface area (Å²) in [6.45, 7) is 4.66. The van der Waals surface area contributed by atoms with Crippen molar-refractivity contribution in [2.45, 2.75) is 26.1 Å². The molecule has 0 atom stereocenters. The summed E-state index contributed by atoms with van der Waals surface area (Å²) in [5.41, 5.74) is 2.94. The van der Waals surface area contributed by atoms with Crippen LogP contribution in [0.1, 0.15) is 23.2 Å². The zero-order chi connectivity index (χ0) is 14.5. The monoisotopic (exact) mass is 308 g/mol. The van der Waals surface area contributed by atoms with Gasteiger partial charge in [0, 0.05) is 17.6 Å². The molecule has 2 aromatic rings. The van der Waals surface area contributed by atoms with Gasteiger partial charge in [0.15, 0.2) is 0 Å². The predicted octanol–water partition coefficient (Wildman–Crippen LogP) is 3.79. The van der Waals surface area contributed by atoms with Crippen LogP contribution in [0.3, 0.4) is 0 Å². The summed E-state index contributed by atoms with van der Waals surface area (Å²) >= 11 is 7.21. The molecule has 0 N–H and O–H groups in total. The molecule has 0 aliphatic rings. The molecular weight excluding hydrogens is 292 g/mol. The van der Waals surface area contributed by atoms with E-state index in [1.165, 1.54) is 16.9 Å². The van der Waals surface area contributed by atoms with E-state index in [4.69, 9.17) is 11.6 Å². The molecule has 0 saturated carbocycles. The number of carbonyl (C=O) groups excluding carboxylic acids is 1. The van der Waals surface area contributed by atoms with Crippen molar-refractivity contribution in [3.63, 3.8) is 0 Å². The standard InChI is InChI=1S/C15H17ClN2OS/c1-3-18(13-6-4-11(2)5-7-13)15(19)8-14-17-12(9-16)10-20-14/h4-7,10H,3,8-9H2,1-2H3. The van der Waals surface area contributed by atoms with E-state index in [1.54, 1.807) is 4.90 Å². The van der Waals surface area contributed by atoms with Gasteiger partial charge in [-0.15, -0.1) is 22.9 Å². The van der Waals surface area contributed by atoms with Gasteiger partial charge in [-0.1, -0.05) is 17.7 Å². The van der Waals surface area contributed by atoms with Gasteiger partial charge in [0.2, 0.25) is 5.91 Å². The number of thiazole rings is 1. The van der Waals surface area contributed by atoms with Crippen molar-refractivity contribution in [3.05, 3.63) is 45.9 Å². The topological polar surface area (TPSA) is 33.2 Å². The lowest BCUT2D eigenvalue weighted by Gasteiger charge is -2.20. The Hall–Kier alpha value is -1.39. The van der Waals surface area contributed by atoms with Gasteiger partial charge in [0.25, 0.3) is 0 Å². The average molecular weight is 309 g/mol. The number of aromatic nitrogens is 1. The van der Waals surface area contributed by atoms with E-state index in [2.05, 4.69) is 4.98 Å². The van der Waals surface area contributed by atoms with Crippen LogP contribution in [0.2, 0.25) is 0 Å². The first-order chi connectivity index (χ1) is 9.63. The number of carbonyl (C=O) groups is 1. The molecule has 0 fully saturated rings. The molecule has 0 aliphatic heterocycles. The summed E-state index contributed by atoms with van der Waals surface area (Å²) in [6.07, 6.45) is 0.323. The molecule has 0 aliphatic carbocycles. The van der Waals surface area contributed by atoms with Crippen LogP contribution in [-0.2, 0) is 17.1 Å². The number of likely N-dealkylation sites (N-methyl/N-ethyl adjacent to an activating group) is 1. The van der Waals surface area contributed by atoms with Gasteiger partial charge in [0.05, 0.1) is 18.0 Å². The van der Waals surface area contributed by atoms with E-state index in [9.17, 15) is 4.79 Å². The zero-order valence-corrected chi connectivity index (χ0v) is 13.2. The zero-order valence-electron chi connectivity index (χ0n) is 11.6. The smallest absolute Gasteiger partial charge is 0.233 e. The van der Waals surface area contributed by atoms with Crippen molar-refractivity contribution in [2.75, 3.05) is 11.4 Å². The highest BCUT2D eigenvalue weighted by molar-refractivity contribution is 7.09. The molecule has 1 amide bonds. The van der Waals surface area contributed by atoms with Crippen molar-refractivity contribution in [1.29, 1.82) is 0 Å². The Labute approximate surface area is 128 Å². The molecule has 1 heterocycles. The van der Waals surface area contributed by atoms with Crippen LogP contribution in [0.5, 0.6) is 0 Å². The van der Waals surface area contributed by atoms with Crippen molar-refractivity contribution in [2.24, 2.45) is 0 Å². The first-order valence-electron chi connectivity index (χ1n) is 6.50. The number of amides is 1. The maximum Gasteiger partial charge on any atom is 0.233 e. The molecule has 5 heteroatoms. The Kier molecular flexibility index (Phi) is 5.15. The van der Waals surface area contributed by atoms with Gasteiger partial charge >= 0.3 is 0 Å². The Bertz CT molecular complexity index is 580. The minimum absolute atomic E-state index is 0.0619. The summed E-state index contributed by atoms with van der Waals surface area (Å²) in [5.74, 6) is 0.451. The molecule has 0 saturated heterocycles. The quantitative estimate of drug-likeness (QED) is 0.787. The van der Waals surface area contributed by atoms with Crippen molar-refractivity contribution >= 4 is 34.5 Å². The van der Waals surface area contributed by atoms with Gasteiger partial charge in [-0.25, -0.2) is 4.98 Å². The second-order valence-corrected chi connectivity index (χ2v) is 5.73. The number of rotatable bonds is 5. The van der Waals surface area contributed by atoms with E-state index in [1.807, 2.05) is 43.5 Å². The molecular formula is C15H17ClN2OS. The minimum Gasteiger partial charge on any atom is -0.312 e. The van der Waals surface area contributed by atoms with E-state index in [-0.39, 0.29) is 5.91 Å². The number of aryl methyl sites for hydroxylation is 1. The fourth-order valence-electron chi connectivity index (χ4n) is 1.94. The van der Waals surface area contributed by atoms with Crippen molar-refractivity contribution < 1.29 is 4.79 Å². The van der Waals surface area contributed by atoms with Crippen LogP contribution in [0.4, 0.5) is 5.69 Å². The lowest BCUT2D eigenvalue weighted by molar-refractivity contribution is -0.117. The number of hydrogen-bond acceptors (Lipinski definition) is 3. The summed E-state index contributed by atoms with van der Waals surface area (Å²) < 4.78 is 0. The average Bonchev–Trinajstić information content (AvgIpc) is 2.89. The number of halogens is 1.